The fraction of sp³-hybridized carbons (Fsp3) is 0.852. The minimum atomic E-state index is -0.547. The molecule has 0 unspecified atom stereocenters. The van der Waals surface area contributed by atoms with Gasteiger partial charge < -0.3 is 10.5 Å². The Morgan fingerprint density at radius 2 is 1.71 bits per heavy atom. The highest BCUT2D eigenvalue weighted by atomic mass is 16.5. The summed E-state index contributed by atoms with van der Waals surface area (Å²) in [5.41, 5.74) is 8.18. The lowest BCUT2D eigenvalue weighted by Gasteiger charge is -2.64. The van der Waals surface area contributed by atoms with Crippen LogP contribution in [0, 0.1) is 39.9 Å². The van der Waals surface area contributed by atoms with Gasteiger partial charge in [-0.1, -0.05) is 40.2 Å². The number of Topliss-reactive ketones (excluding diaryl/α,β-unsaturated/α-hetero) is 1. The predicted molar refractivity (Wildman–Crippen MR) is 123 cm³/mol. The number of nitrogens with two attached hydrogens (primary N) is 1. The summed E-state index contributed by atoms with van der Waals surface area (Å²) >= 11 is 0. The van der Waals surface area contributed by atoms with E-state index in [1.165, 1.54) is 31.3 Å². The number of allylic oxidation sites excluding steroid dienone is 1. The second-order valence-electron chi connectivity index (χ2n) is 12.3. The van der Waals surface area contributed by atoms with Crippen LogP contribution in [0.1, 0.15) is 92.9 Å². The van der Waals surface area contributed by atoms with Gasteiger partial charge >= 0.3 is 5.97 Å². The first-order valence-electron chi connectivity index (χ1n) is 12.6. The van der Waals surface area contributed by atoms with Gasteiger partial charge in [0.1, 0.15) is 17.9 Å². The van der Waals surface area contributed by atoms with E-state index in [2.05, 4.69) is 26.8 Å². The summed E-state index contributed by atoms with van der Waals surface area (Å²) < 4.78 is 5.82. The van der Waals surface area contributed by atoms with E-state index in [9.17, 15) is 9.59 Å². The number of fused-ring (bicyclic) bond motifs is 5. The van der Waals surface area contributed by atoms with Crippen molar-refractivity contribution in [1.29, 1.82) is 0 Å². The number of rotatable bonds is 4. The molecule has 0 aromatic rings. The third-order valence-corrected chi connectivity index (χ3v) is 10.4. The van der Waals surface area contributed by atoms with E-state index >= 15 is 0 Å². The van der Waals surface area contributed by atoms with Crippen LogP contribution in [-0.4, -0.2) is 23.9 Å². The second kappa shape index (κ2) is 7.71. The van der Waals surface area contributed by atoms with Gasteiger partial charge in [0.25, 0.3) is 0 Å². The molecule has 0 aliphatic heterocycles. The van der Waals surface area contributed by atoms with Crippen molar-refractivity contribution in [2.24, 2.45) is 45.7 Å². The monoisotopic (exact) mass is 429 g/mol. The highest BCUT2D eigenvalue weighted by Crippen LogP contribution is 2.71. The molecule has 0 spiro atoms. The normalized spacial score (nSPS) is 45.2. The molecule has 0 radical (unpaired) electrons. The van der Waals surface area contributed by atoms with Crippen LogP contribution in [0.2, 0.25) is 0 Å². The van der Waals surface area contributed by atoms with Gasteiger partial charge in [0.05, 0.1) is 0 Å². The molecule has 4 aliphatic carbocycles. The van der Waals surface area contributed by atoms with Crippen molar-refractivity contribution in [1.82, 2.24) is 0 Å². The molecular weight excluding hydrogens is 386 g/mol. The maximum Gasteiger partial charge on any atom is 0.323 e. The molecule has 0 heterocycles. The Morgan fingerprint density at radius 1 is 1.00 bits per heavy atom. The molecule has 8 atom stereocenters. The highest BCUT2D eigenvalue weighted by molar-refractivity contribution is 5.79. The molecule has 3 fully saturated rings. The van der Waals surface area contributed by atoms with Gasteiger partial charge in [-0.2, -0.15) is 0 Å². The fourth-order valence-corrected chi connectivity index (χ4v) is 8.62. The average molecular weight is 430 g/mol. The summed E-state index contributed by atoms with van der Waals surface area (Å²) in [6.07, 6.45) is 11.1. The third kappa shape index (κ3) is 3.43. The lowest BCUT2D eigenvalue weighted by molar-refractivity contribution is -0.153. The zero-order valence-corrected chi connectivity index (χ0v) is 20.5. The molecule has 2 N–H and O–H groups in total. The summed E-state index contributed by atoms with van der Waals surface area (Å²) in [6.45, 7) is 13.2. The quantitative estimate of drug-likeness (QED) is 0.477. The number of hydrogen-bond acceptors (Lipinski definition) is 4. The van der Waals surface area contributed by atoms with Gasteiger partial charge in [-0.3, -0.25) is 9.59 Å². The zero-order chi connectivity index (χ0) is 22.8. The fourth-order valence-electron chi connectivity index (χ4n) is 8.62. The topological polar surface area (TPSA) is 69.4 Å². The molecular formula is C27H43NO3. The molecule has 4 nitrogen and oxygen atoms in total. The maximum absolute atomic E-state index is 12.4. The van der Waals surface area contributed by atoms with Crippen LogP contribution in [0.3, 0.4) is 0 Å². The summed E-state index contributed by atoms with van der Waals surface area (Å²) in [4.78, 5) is 24.8. The van der Waals surface area contributed by atoms with Crippen LogP contribution >= 0.6 is 0 Å². The van der Waals surface area contributed by atoms with E-state index in [0.29, 0.717) is 23.0 Å². The molecule has 0 aromatic carbocycles. The average Bonchev–Trinajstić information content (AvgIpc) is 3.06. The number of hydrogen-bond donors (Lipinski definition) is 1. The summed E-state index contributed by atoms with van der Waals surface area (Å²) in [5, 5.41) is 0. The molecule has 3 saturated carbocycles. The van der Waals surface area contributed by atoms with Crippen molar-refractivity contribution in [3.8, 4) is 0 Å². The van der Waals surface area contributed by atoms with Gasteiger partial charge in [0.2, 0.25) is 0 Å². The van der Waals surface area contributed by atoms with Crippen LogP contribution in [0.15, 0.2) is 11.6 Å². The lowest BCUT2D eigenvalue weighted by atomic mass is 9.41. The van der Waals surface area contributed by atoms with Crippen molar-refractivity contribution in [3.05, 3.63) is 11.6 Å². The van der Waals surface area contributed by atoms with E-state index < -0.39 is 6.04 Å². The number of esters is 1. The molecule has 4 heteroatoms. The van der Waals surface area contributed by atoms with Crippen LogP contribution in [0.25, 0.3) is 0 Å². The van der Waals surface area contributed by atoms with Crippen LogP contribution in [-0.2, 0) is 14.3 Å². The second-order valence-corrected chi connectivity index (χ2v) is 12.3. The summed E-state index contributed by atoms with van der Waals surface area (Å²) in [7, 11) is 0. The first-order valence-corrected chi connectivity index (χ1v) is 12.6. The molecule has 0 saturated heterocycles. The maximum atomic E-state index is 12.4. The van der Waals surface area contributed by atoms with E-state index in [1.807, 2.05) is 20.8 Å². The molecule has 0 amide bonds. The van der Waals surface area contributed by atoms with Crippen molar-refractivity contribution < 1.29 is 14.3 Å². The minimum Gasteiger partial charge on any atom is -0.457 e. The molecule has 0 bridgehead atoms. The Labute approximate surface area is 188 Å². The highest BCUT2D eigenvalue weighted by Gasteiger charge is 2.64. The van der Waals surface area contributed by atoms with Gasteiger partial charge in [-0.25, -0.2) is 0 Å². The van der Waals surface area contributed by atoms with Crippen LogP contribution in [0.5, 0.6) is 0 Å². The minimum absolute atomic E-state index is 0.0891. The first-order chi connectivity index (χ1) is 14.4. The Morgan fingerprint density at radius 3 is 2.35 bits per heavy atom. The molecule has 174 valence electrons. The third-order valence-electron chi connectivity index (χ3n) is 10.4. The number of ketones is 1. The molecule has 4 aliphatic rings. The summed E-state index contributed by atoms with van der Waals surface area (Å²) in [5.74, 6) is 1.77. The van der Waals surface area contributed by atoms with Crippen molar-refractivity contribution in [2.75, 3.05) is 0 Å². The van der Waals surface area contributed by atoms with Gasteiger partial charge in [0.15, 0.2) is 0 Å². The van der Waals surface area contributed by atoms with Gasteiger partial charge in [-0.15, -0.1) is 0 Å². The van der Waals surface area contributed by atoms with Crippen LogP contribution < -0.4 is 5.73 Å². The summed E-state index contributed by atoms with van der Waals surface area (Å²) in [6, 6.07) is -0.547. The van der Waals surface area contributed by atoms with Gasteiger partial charge in [0, 0.05) is 5.92 Å². The smallest absolute Gasteiger partial charge is 0.323 e. The number of carbonyl (C=O) groups is 2. The Kier molecular flexibility index (Phi) is 5.72. The molecule has 0 aromatic heterocycles. The van der Waals surface area contributed by atoms with Gasteiger partial charge in [-0.05, 0) is 98.4 Å². The first kappa shape index (κ1) is 23.0. The van der Waals surface area contributed by atoms with E-state index in [0.717, 1.165) is 25.7 Å². The van der Waals surface area contributed by atoms with E-state index in [4.69, 9.17) is 10.5 Å². The number of carbonyl (C=O) groups excluding carboxylic acids is 2. The van der Waals surface area contributed by atoms with Crippen molar-refractivity contribution in [2.45, 2.75) is 105 Å². The molecule has 4 rings (SSSR count). The van der Waals surface area contributed by atoms with E-state index in [-0.39, 0.29) is 34.7 Å². The van der Waals surface area contributed by atoms with E-state index in [1.54, 1.807) is 0 Å². The standard InChI is InChI=1S/C27H43NO3/c1-16(2)23(28)24(30)31-19-10-13-25(4)18(15-19)9-12-27(6)21-8-7-20(17(3)29)26(21,5)14-11-22(25)27/h15-16,19-23H,7-14,28H2,1-6H3/t19-,20+,21+,22+,23+,25-,26+,27-/m1/s1. The Balaban J connectivity index is 1.56. The van der Waals surface area contributed by atoms with Crippen LogP contribution in [0.4, 0.5) is 0 Å². The zero-order valence-electron chi connectivity index (χ0n) is 20.5. The largest absolute Gasteiger partial charge is 0.457 e. The van der Waals surface area contributed by atoms with Crippen molar-refractivity contribution in [3.63, 3.8) is 0 Å². The Hall–Kier alpha value is -1.16. The van der Waals surface area contributed by atoms with Crippen molar-refractivity contribution >= 4 is 11.8 Å². The Bertz CT molecular complexity index is 787. The lowest BCUT2D eigenvalue weighted by Crippen LogP contribution is -2.56. The number of ether oxygens (including phenoxy) is 1. The molecule has 31 heavy (non-hydrogen) atoms. The predicted octanol–water partition coefficient (Wildman–Crippen LogP) is 5.44. The SMILES string of the molecule is CC(=O)[C@@H]1CC[C@@H]2[C@@]3(C)CCC4=C[C@H](OC(=O)[C@@H](N)C(C)C)CC[C@@]4(C)[C@@H]3CC[C@]21C.